The van der Waals surface area contributed by atoms with Crippen molar-refractivity contribution in [2.75, 3.05) is 6.54 Å². The summed E-state index contributed by atoms with van der Waals surface area (Å²) in [7, 11) is 0. The smallest absolute Gasteiger partial charge is 0.137 e. The fourth-order valence-corrected chi connectivity index (χ4v) is 3.36. The van der Waals surface area contributed by atoms with Gasteiger partial charge < -0.3 is 0 Å². The van der Waals surface area contributed by atoms with Gasteiger partial charge in [0.1, 0.15) is 12.7 Å². The normalized spacial score (nSPS) is 20.7. The van der Waals surface area contributed by atoms with E-state index in [0.717, 1.165) is 13.0 Å². The molecule has 0 radical (unpaired) electrons. The molecule has 0 aliphatic carbocycles. The summed E-state index contributed by atoms with van der Waals surface area (Å²) in [6.07, 6.45) is 8.40. The van der Waals surface area contributed by atoms with Gasteiger partial charge >= 0.3 is 0 Å². The van der Waals surface area contributed by atoms with E-state index >= 15 is 0 Å². The minimum Gasteiger partial charge on any atom is -0.296 e. The van der Waals surface area contributed by atoms with E-state index in [1.165, 1.54) is 31.4 Å². The average molecular weight is 284 g/mol. The number of benzene rings is 1. The Balaban J connectivity index is 1.54. The minimum atomic E-state index is 0.609. The van der Waals surface area contributed by atoms with Gasteiger partial charge in [-0.3, -0.25) is 9.58 Å². The standard InChI is InChI=1S/C17H24N4/c1-15(9-10-16-6-3-2-4-7-16)21-11-5-8-17(21)12-20-14-18-13-19-20/h2-4,6-7,13-15,17H,5,8-12H2,1H3/t15-,17+/m1/s1. The van der Waals surface area contributed by atoms with Crippen molar-refractivity contribution in [2.45, 2.75) is 51.2 Å². The van der Waals surface area contributed by atoms with Crippen LogP contribution in [0.1, 0.15) is 31.7 Å². The van der Waals surface area contributed by atoms with E-state index in [0.29, 0.717) is 12.1 Å². The first kappa shape index (κ1) is 14.3. The van der Waals surface area contributed by atoms with Crippen LogP contribution >= 0.6 is 0 Å². The second-order valence-electron chi connectivity index (χ2n) is 6.02. The third kappa shape index (κ3) is 3.70. The van der Waals surface area contributed by atoms with Crippen molar-refractivity contribution in [1.29, 1.82) is 0 Å². The summed E-state index contributed by atoms with van der Waals surface area (Å²) in [6.45, 7) is 4.55. The lowest BCUT2D eigenvalue weighted by Crippen LogP contribution is -2.40. The van der Waals surface area contributed by atoms with Crippen LogP contribution in [0.15, 0.2) is 43.0 Å². The van der Waals surface area contributed by atoms with Gasteiger partial charge in [-0.25, -0.2) is 4.98 Å². The molecule has 21 heavy (non-hydrogen) atoms. The number of hydrogen-bond donors (Lipinski definition) is 0. The van der Waals surface area contributed by atoms with Crippen LogP contribution in [0.3, 0.4) is 0 Å². The van der Waals surface area contributed by atoms with Crippen LogP contribution in [0.4, 0.5) is 0 Å². The van der Waals surface area contributed by atoms with Crippen molar-refractivity contribution < 1.29 is 0 Å². The quantitative estimate of drug-likeness (QED) is 0.818. The summed E-state index contributed by atoms with van der Waals surface area (Å²) >= 11 is 0. The van der Waals surface area contributed by atoms with Crippen molar-refractivity contribution in [2.24, 2.45) is 0 Å². The van der Waals surface area contributed by atoms with Crippen LogP contribution in [0.5, 0.6) is 0 Å². The molecule has 112 valence electrons. The first-order chi connectivity index (χ1) is 10.3. The molecule has 1 aromatic carbocycles. The predicted molar refractivity (Wildman–Crippen MR) is 84.0 cm³/mol. The molecule has 2 atom stereocenters. The maximum Gasteiger partial charge on any atom is 0.137 e. The van der Waals surface area contributed by atoms with E-state index in [4.69, 9.17) is 0 Å². The first-order valence-corrected chi connectivity index (χ1v) is 7.95. The molecule has 2 heterocycles. The fraction of sp³-hybridized carbons (Fsp3) is 0.529. The third-order valence-corrected chi connectivity index (χ3v) is 4.55. The molecule has 2 aromatic rings. The molecule has 0 saturated carbocycles. The minimum absolute atomic E-state index is 0.609. The van der Waals surface area contributed by atoms with Crippen LogP contribution < -0.4 is 0 Å². The summed E-state index contributed by atoms with van der Waals surface area (Å²) < 4.78 is 1.97. The van der Waals surface area contributed by atoms with Crippen molar-refractivity contribution in [3.8, 4) is 0 Å². The summed E-state index contributed by atoms with van der Waals surface area (Å²) in [4.78, 5) is 6.70. The number of rotatable bonds is 6. The highest BCUT2D eigenvalue weighted by atomic mass is 15.3. The second kappa shape index (κ2) is 6.85. The van der Waals surface area contributed by atoms with Crippen LogP contribution in [0.25, 0.3) is 0 Å². The number of aryl methyl sites for hydroxylation is 1. The van der Waals surface area contributed by atoms with E-state index in [-0.39, 0.29) is 0 Å². The van der Waals surface area contributed by atoms with Crippen molar-refractivity contribution in [3.05, 3.63) is 48.5 Å². The van der Waals surface area contributed by atoms with Crippen molar-refractivity contribution in [1.82, 2.24) is 19.7 Å². The molecule has 0 spiro atoms. The van der Waals surface area contributed by atoms with Gasteiger partial charge in [-0.05, 0) is 44.7 Å². The summed E-state index contributed by atoms with van der Waals surface area (Å²) in [5.41, 5.74) is 1.44. The first-order valence-electron chi connectivity index (χ1n) is 7.95. The highest BCUT2D eigenvalue weighted by molar-refractivity contribution is 5.14. The van der Waals surface area contributed by atoms with Gasteiger partial charge in [0.25, 0.3) is 0 Å². The molecule has 3 rings (SSSR count). The molecule has 4 nitrogen and oxygen atoms in total. The zero-order valence-electron chi connectivity index (χ0n) is 12.7. The monoisotopic (exact) mass is 284 g/mol. The third-order valence-electron chi connectivity index (χ3n) is 4.55. The van der Waals surface area contributed by atoms with Gasteiger partial charge in [0.2, 0.25) is 0 Å². The maximum absolute atomic E-state index is 4.25. The Bertz CT molecular complexity index is 523. The molecule has 0 bridgehead atoms. The molecule has 1 aliphatic rings. The molecule has 0 unspecified atom stereocenters. The highest BCUT2D eigenvalue weighted by Gasteiger charge is 2.28. The number of aromatic nitrogens is 3. The van der Waals surface area contributed by atoms with Crippen molar-refractivity contribution in [3.63, 3.8) is 0 Å². The lowest BCUT2D eigenvalue weighted by Gasteiger charge is -2.30. The number of hydrogen-bond acceptors (Lipinski definition) is 3. The molecule has 4 heteroatoms. The van der Waals surface area contributed by atoms with Gasteiger partial charge in [0.05, 0.1) is 6.54 Å². The average Bonchev–Trinajstić information content (AvgIpc) is 3.18. The molecule has 0 amide bonds. The van der Waals surface area contributed by atoms with E-state index in [2.05, 4.69) is 52.2 Å². The molecule has 1 fully saturated rings. The predicted octanol–water partition coefficient (Wildman–Crippen LogP) is 2.76. The molecule has 1 aromatic heterocycles. The van der Waals surface area contributed by atoms with Crippen molar-refractivity contribution >= 4 is 0 Å². The zero-order valence-corrected chi connectivity index (χ0v) is 12.7. The van der Waals surface area contributed by atoms with E-state index in [9.17, 15) is 0 Å². The second-order valence-corrected chi connectivity index (χ2v) is 6.02. The van der Waals surface area contributed by atoms with Crippen LogP contribution in [-0.4, -0.2) is 38.3 Å². The van der Waals surface area contributed by atoms with Gasteiger partial charge in [-0.15, -0.1) is 0 Å². The van der Waals surface area contributed by atoms with E-state index in [1.54, 1.807) is 6.33 Å². The summed E-state index contributed by atoms with van der Waals surface area (Å²) in [6, 6.07) is 12.0. The van der Waals surface area contributed by atoms with Gasteiger partial charge in [0.15, 0.2) is 0 Å². The summed E-state index contributed by atoms with van der Waals surface area (Å²) in [5.74, 6) is 0. The number of likely N-dealkylation sites (tertiary alicyclic amines) is 1. The molecular weight excluding hydrogens is 260 g/mol. The lowest BCUT2D eigenvalue weighted by atomic mass is 10.0. The maximum atomic E-state index is 4.25. The molecule has 1 saturated heterocycles. The van der Waals surface area contributed by atoms with Crippen LogP contribution in [0, 0.1) is 0 Å². The highest BCUT2D eigenvalue weighted by Crippen LogP contribution is 2.23. The Labute approximate surface area is 126 Å². The van der Waals surface area contributed by atoms with Gasteiger partial charge in [0, 0.05) is 12.1 Å². The SMILES string of the molecule is C[C@H](CCc1ccccc1)N1CCC[C@H]1Cn1cncn1. The lowest BCUT2D eigenvalue weighted by molar-refractivity contribution is 0.165. The fourth-order valence-electron chi connectivity index (χ4n) is 3.36. The Kier molecular flexibility index (Phi) is 4.65. The van der Waals surface area contributed by atoms with Crippen LogP contribution in [-0.2, 0) is 13.0 Å². The molecular formula is C17H24N4. The Morgan fingerprint density at radius 2 is 2.14 bits per heavy atom. The molecule has 0 N–H and O–H groups in total. The zero-order chi connectivity index (χ0) is 14.5. The van der Waals surface area contributed by atoms with Gasteiger partial charge in [-0.2, -0.15) is 5.10 Å². The molecule has 1 aliphatic heterocycles. The van der Waals surface area contributed by atoms with E-state index < -0.39 is 0 Å². The van der Waals surface area contributed by atoms with Gasteiger partial charge in [-0.1, -0.05) is 30.3 Å². The topological polar surface area (TPSA) is 34.0 Å². The van der Waals surface area contributed by atoms with Crippen LogP contribution in [0.2, 0.25) is 0 Å². The summed E-state index contributed by atoms with van der Waals surface area (Å²) in [5, 5.41) is 4.25. The van der Waals surface area contributed by atoms with E-state index in [1.807, 2.05) is 11.0 Å². The largest absolute Gasteiger partial charge is 0.296 e. The Morgan fingerprint density at radius 1 is 1.29 bits per heavy atom. The Hall–Kier alpha value is -1.68. The Morgan fingerprint density at radius 3 is 2.90 bits per heavy atom. The number of nitrogens with zero attached hydrogens (tertiary/aromatic N) is 4.